The van der Waals surface area contributed by atoms with Crippen molar-refractivity contribution >= 4 is 39.5 Å². The molecule has 0 aliphatic carbocycles. The third-order valence-electron chi connectivity index (χ3n) is 17.1. The largest absolute Gasteiger partial charge is 0.472 e. The Labute approximate surface area is 568 Å². The first kappa shape index (κ1) is 91.1. The van der Waals surface area contributed by atoms with Crippen molar-refractivity contribution in [1.82, 2.24) is 0 Å². The molecule has 0 saturated heterocycles. The summed E-state index contributed by atoms with van der Waals surface area (Å²) in [6.07, 6.45) is 47.4. The van der Waals surface area contributed by atoms with Crippen molar-refractivity contribution in [3.8, 4) is 0 Å². The van der Waals surface area contributed by atoms with Crippen LogP contribution in [0.15, 0.2) is 0 Å². The zero-order valence-electron chi connectivity index (χ0n) is 60.9. The van der Waals surface area contributed by atoms with Gasteiger partial charge in [-0.05, 0) is 49.4 Å². The van der Waals surface area contributed by atoms with Crippen LogP contribution in [0.25, 0.3) is 0 Å². The summed E-state index contributed by atoms with van der Waals surface area (Å²) in [7, 11) is -9.91. The second kappa shape index (κ2) is 63.5. The van der Waals surface area contributed by atoms with E-state index in [1.807, 2.05) is 0 Å². The van der Waals surface area contributed by atoms with Crippen LogP contribution in [0.4, 0.5) is 0 Å². The maximum atomic E-state index is 13.0. The molecule has 3 unspecified atom stereocenters. The quantitative estimate of drug-likeness (QED) is 0.0222. The number of carbonyl (C=O) groups excluding carboxylic acids is 4. The SMILES string of the molecule is CC(C)CCCCCCCCCCCCCCCCCCC(=O)O[C@H](COC(=O)CCCCCCCCC(C)C)COP(=O)(O)OCC(O)COP(=O)(O)OC[C@@H](COC(=O)CCCCCCCCCCCCC(C)C)OC(=O)CCCCCCCCCCCC(C)C. The molecule has 0 heterocycles. The van der Waals surface area contributed by atoms with Gasteiger partial charge in [-0.2, -0.15) is 0 Å². The van der Waals surface area contributed by atoms with Gasteiger partial charge in [0, 0.05) is 25.7 Å². The van der Waals surface area contributed by atoms with Gasteiger partial charge >= 0.3 is 39.5 Å². The molecule has 0 spiro atoms. The first-order valence-corrected chi connectivity index (χ1v) is 41.2. The Bertz CT molecular complexity index is 1830. The summed E-state index contributed by atoms with van der Waals surface area (Å²) >= 11 is 0. The van der Waals surface area contributed by atoms with Gasteiger partial charge in [0.15, 0.2) is 12.2 Å². The average Bonchev–Trinajstić information content (AvgIpc) is 2.51. The average molecular weight is 1370 g/mol. The molecular formula is C74H144O17P2. The normalized spacial score (nSPS) is 14.2. The van der Waals surface area contributed by atoms with Crippen LogP contribution in [-0.2, 0) is 65.4 Å². The van der Waals surface area contributed by atoms with Crippen molar-refractivity contribution in [2.75, 3.05) is 39.6 Å². The summed E-state index contributed by atoms with van der Waals surface area (Å²) in [6.45, 7) is 14.1. The van der Waals surface area contributed by atoms with Crippen molar-refractivity contribution in [2.24, 2.45) is 23.7 Å². The second-order valence-electron chi connectivity index (χ2n) is 28.6. The summed E-state index contributed by atoms with van der Waals surface area (Å²) < 4.78 is 68.4. The van der Waals surface area contributed by atoms with Crippen LogP contribution in [0.2, 0.25) is 0 Å². The predicted molar refractivity (Wildman–Crippen MR) is 377 cm³/mol. The van der Waals surface area contributed by atoms with E-state index in [2.05, 4.69) is 55.4 Å². The highest BCUT2D eigenvalue weighted by Gasteiger charge is 2.30. The number of phosphoric ester groups is 2. The van der Waals surface area contributed by atoms with Crippen LogP contribution in [0.1, 0.15) is 370 Å². The summed E-state index contributed by atoms with van der Waals surface area (Å²) in [5, 5.41) is 10.6. The molecule has 0 rings (SSSR count). The lowest BCUT2D eigenvalue weighted by atomic mass is 10.0. The lowest BCUT2D eigenvalue weighted by Crippen LogP contribution is -2.30. The van der Waals surface area contributed by atoms with E-state index in [0.717, 1.165) is 114 Å². The Kier molecular flexibility index (Phi) is 62.2. The number of rotatable bonds is 71. The standard InChI is InChI=1S/C74H144O17P2/c1-64(2)50-42-34-26-20-15-13-11-9-10-12-14-16-24-30-40-48-56-73(78)91-70(61-85-72(77)55-47-39-33-32-37-45-53-67(7)8)63-89-93(82,83)87-59-68(75)58-86-92(80,81)88-62-69(90-74(79)57-49-41-31-25-19-22-28-36-44-52-66(5)6)60-84-71(76)54-46-38-29-23-18-17-21-27-35-43-51-65(3)4/h64-70,75H,9-63H2,1-8H3,(H,80,81)(H,82,83)/t68?,69-,70-/m1/s1. The Hall–Kier alpha value is -1.94. The van der Waals surface area contributed by atoms with Crippen LogP contribution >= 0.6 is 15.6 Å². The minimum atomic E-state index is -4.95. The lowest BCUT2D eigenvalue weighted by molar-refractivity contribution is -0.161. The van der Waals surface area contributed by atoms with Crippen molar-refractivity contribution < 1.29 is 80.2 Å². The molecule has 0 aromatic rings. The third-order valence-corrected chi connectivity index (χ3v) is 19.0. The molecule has 0 saturated carbocycles. The topological polar surface area (TPSA) is 237 Å². The highest BCUT2D eigenvalue weighted by molar-refractivity contribution is 7.47. The van der Waals surface area contributed by atoms with Crippen molar-refractivity contribution in [2.45, 2.75) is 388 Å². The molecule has 0 aromatic heterocycles. The Morgan fingerprint density at radius 1 is 0.269 bits per heavy atom. The van der Waals surface area contributed by atoms with Gasteiger partial charge in [0.25, 0.3) is 0 Å². The third kappa shape index (κ3) is 68.4. The highest BCUT2D eigenvalue weighted by Crippen LogP contribution is 2.45. The molecule has 0 aromatic carbocycles. The summed E-state index contributed by atoms with van der Waals surface area (Å²) in [6, 6.07) is 0. The van der Waals surface area contributed by atoms with E-state index in [9.17, 15) is 43.2 Å². The van der Waals surface area contributed by atoms with Gasteiger partial charge < -0.3 is 33.8 Å². The van der Waals surface area contributed by atoms with Gasteiger partial charge in [0.05, 0.1) is 26.4 Å². The molecule has 5 atom stereocenters. The lowest BCUT2D eigenvalue weighted by Gasteiger charge is -2.21. The smallest absolute Gasteiger partial charge is 0.462 e. The van der Waals surface area contributed by atoms with E-state index >= 15 is 0 Å². The van der Waals surface area contributed by atoms with E-state index in [1.165, 1.54) is 167 Å². The zero-order valence-corrected chi connectivity index (χ0v) is 62.7. The van der Waals surface area contributed by atoms with E-state index in [0.29, 0.717) is 31.6 Å². The van der Waals surface area contributed by atoms with E-state index < -0.39 is 97.5 Å². The molecule has 0 radical (unpaired) electrons. The maximum Gasteiger partial charge on any atom is 0.472 e. The van der Waals surface area contributed by atoms with Crippen LogP contribution in [0, 0.1) is 23.7 Å². The van der Waals surface area contributed by atoms with Gasteiger partial charge in [0.1, 0.15) is 19.3 Å². The number of aliphatic hydroxyl groups is 1. The number of carbonyl (C=O) groups is 4. The predicted octanol–water partition coefficient (Wildman–Crippen LogP) is 21.3. The van der Waals surface area contributed by atoms with Crippen molar-refractivity contribution in [3.05, 3.63) is 0 Å². The molecule has 93 heavy (non-hydrogen) atoms. The van der Waals surface area contributed by atoms with Crippen LogP contribution in [0.5, 0.6) is 0 Å². The summed E-state index contributed by atoms with van der Waals surface area (Å²) in [5.41, 5.74) is 0. The first-order valence-electron chi connectivity index (χ1n) is 38.2. The fourth-order valence-corrected chi connectivity index (χ4v) is 12.8. The van der Waals surface area contributed by atoms with Crippen LogP contribution < -0.4 is 0 Å². The minimum absolute atomic E-state index is 0.105. The molecule has 0 bridgehead atoms. The fraction of sp³-hybridized carbons (Fsp3) is 0.946. The van der Waals surface area contributed by atoms with Gasteiger partial charge in [-0.25, -0.2) is 9.13 Å². The summed E-state index contributed by atoms with van der Waals surface area (Å²) in [4.78, 5) is 72.7. The second-order valence-corrected chi connectivity index (χ2v) is 31.5. The van der Waals surface area contributed by atoms with E-state index in [4.69, 9.17) is 37.0 Å². The molecule has 0 amide bonds. The van der Waals surface area contributed by atoms with Crippen LogP contribution in [0.3, 0.4) is 0 Å². The van der Waals surface area contributed by atoms with Gasteiger partial charge in [-0.15, -0.1) is 0 Å². The highest BCUT2D eigenvalue weighted by atomic mass is 31.2. The maximum absolute atomic E-state index is 13.0. The number of esters is 4. The summed E-state index contributed by atoms with van der Waals surface area (Å²) in [5.74, 6) is 0.857. The monoisotopic (exact) mass is 1370 g/mol. The first-order chi connectivity index (χ1) is 44.6. The molecule has 0 aliphatic heterocycles. The van der Waals surface area contributed by atoms with Gasteiger partial charge in [0.2, 0.25) is 0 Å². The van der Waals surface area contributed by atoms with Gasteiger partial charge in [-0.3, -0.25) is 37.3 Å². The van der Waals surface area contributed by atoms with Crippen molar-refractivity contribution in [1.29, 1.82) is 0 Å². The Morgan fingerprint density at radius 2 is 0.452 bits per heavy atom. The molecule has 552 valence electrons. The number of phosphoric acid groups is 2. The number of aliphatic hydroxyl groups excluding tert-OH is 1. The molecule has 3 N–H and O–H groups in total. The Morgan fingerprint density at radius 3 is 0.667 bits per heavy atom. The number of ether oxygens (including phenoxy) is 4. The minimum Gasteiger partial charge on any atom is -0.462 e. The molecule has 19 heteroatoms. The molecular weight excluding hydrogens is 1220 g/mol. The molecule has 17 nitrogen and oxygen atoms in total. The van der Waals surface area contributed by atoms with Crippen LogP contribution in [-0.4, -0.2) is 96.7 Å². The van der Waals surface area contributed by atoms with Crippen molar-refractivity contribution in [3.63, 3.8) is 0 Å². The number of hydrogen-bond acceptors (Lipinski definition) is 15. The number of hydrogen-bond donors (Lipinski definition) is 3. The molecule has 0 aliphatic rings. The van der Waals surface area contributed by atoms with Gasteiger partial charge in [-0.1, -0.05) is 319 Å². The Balaban J connectivity index is 5.20. The zero-order chi connectivity index (χ0) is 68.9. The van der Waals surface area contributed by atoms with E-state index in [-0.39, 0.29) is 25.7 Å². The number of unbranched alkanes of at least 4 members (excludes halogenated alkanes) is 37. The fourth-order valence-electron chi connectivity index (χ4n) is 11.2. The molecule has 0 fully saturated rings. The van der Waals surface area contributed by atoms with E-state index in [1.54, 1.807) is 0 Å².